The molecule has 3 nitrogen and oxygen atoms in total. The number of benzene rings is 4. The van der Waals surface area contributed by atoms with Crippen molar-refractivity contribution in [2.45, 2.75) is 38.8 Å². The highest BCUT2D eigenvalue weighted by Gasteiger charge is 2.38. The van der Waals surface area contributed by atoms with Crippen LogP contribution in [0.15, 0.2) is 103 Å². The number of aryl methyl sites for hydroxylation is 1. The maximum Gasteiger partial charge on any atom is 0.230 e. The van der Waals surface area contributed by atoms with E-state index in [0.717, 1.165) is 35.4 Å². The SMILES string of the molecule is CCCc1ccc(F)cc1.O=C1C[C@@H](c2ccc(OCc3ccccc3)cc2)N1c1ccc(F)cc1. The summed E-state index contributed by atoms with van der Waals surface area (Å²) in [5, 5.41) is 0. The normalized spacial score (nSPS) is 14.5. The van der Waals surface area contributed by atoms with Crippen LogP contribution in [0.5, 0.6) is 5.75 Å². The molecular formula is C31H29F2NO2. The number of amides is 1. The monoisotopic (exact) mass is 485 g/mol. The molecule has 1 fully saturated rings. The molecule has 184 valence electrons. The van der Waals surface area contributed by atoms with Gasteiger partial charge in [0.1, 0.15) is 24.0 Å². The van der Waals surface area contributed by atoms with Gasteiger partial charge in [-0.2, -0.15) is 0 Å². The van der Waals surface area contributed by atoms with Gasteiger partial charge in [-0.3, -0.25) is 4.79 Å². The molecule has 5 heteroatoms. The summed E-state index contributed by atoms with van der Waals surface area (Å²) >= 11 is 0. The molecule has 36 heavy (non-hydrogen) atoms. The minimum Gasteiger partial charge on any atom is -0.489 e. The summed E-state index contributed by atoms with van der Waals surface area (Å²) in [6.45, 7) is 2.63. The molecule has 1 atom stereocenters. The van der Waals surface area contributed by atoms with E-state index in [1.165, 1.54) is 29.8 Å². The van der Waals surface area contributed by atoms with Gasteiger partial charge >= 0.3 is 0 Å². The van der Waals surface area contributed by atoms with E-state index in [1.807, 2.05) is 66.7 Å². The third-order valence-electron chi connectivity index (χ3n) is 6.02. The van der Waals surface area contributed by atoms with Gasteiger partial charge in [-0.05, 0) is 71.6 Å². The van der Waals surface area contributed by atoms with Crippen molar-refractivity contribution in [3.8, 4) is 5.75 Å². The molecule has 5 rings (SSSR count). The quantitative estimate of drug-likeness (QED) is 0.252. The lowest BCUT2D eigenvalue weighted by atomic mass is 9.93. The van der Waals surface area contributed by atoms with E-state index < -0.39 is 0 Å². The van der Waals surface area contributed by atoms with Gasteiger partial charge in [0, 0.05) is 5.69 Å². The molecule has 0 unspecified atom stereocenters. The second kappa shape index (κ2) is 12.1. The second-order valence-corrected chi connectivity index (χ2v) is 8.68. The van der Waals surface area contributed by atoms with Crippen LogP contribution >= 0.6 is 0 Å². The Hall–Kier alpha value is -3.99. The first-order chi connectivity index (χ1) is 17.5. The van der Waals surface area contributed by atoms with Crippen LogP contribution < -0.4 is 9.64 Å². The zero-order chi connectivity index (χ0) is 25.3. The molecule has 0 radical (unpaired) electrons. The van der Waals surface area contributed by atoms with E-state index in [9.17, 15) is 13.6 Å². The van der Waals surface area contributed by atoms with E-state index in [-0.39, 0.29) is 23.6 Å². The maximum atomic E-state index is 13.1. The van der Waals surface area contributed by atoms with Crippen molar-refractivity contribution < 1.29 is 18.3 Å². The first-order valence-corrected chi connectivity index (χ1v) is 12.1. The molecule has 0 spiro atoms. The summed E-state index contributed by atoms with van der Waals surface area (Å²) in [6, 6.07) is 30.5. The summed E-state index contributed by atoms with van der Waals surface area (Å²) in [6.07, 6.45) is 2.62. The highest BCUT2D eigenvalue weighted by molar-refractivity contribution is 6.01. The second-order valence-electron chi connectivity index (χ2n) is 8.68. The standard InChI is InChI=1S/C22H18FNO2.C9H11F/c23-18-8-10-19(11-9-18)24-21(14-22(24)25)17-6-12-20(13-7-17)26-15-16-4-2-1-3-5-16;1-2-3-8-4-6-9(10)7-5-8/h1-13,21H,14-15H2;4-7H,2-3H2,1H3/t21-;/m0./s1. The van der Waals surface area contributed by atoms with Gasteiger partial charge in [0.05, 0.1) is 12.5 Å². The van der Waals surface area contributed by atoms with Crippen LogP contribution in [0.1, 0.15) is 42.5 Å². The molecule has 0 saturated carbocycles. The number of nitrogens with zero attached hydrogens (tertiary/aromatic N) is 1. The van der Waals surface area contributed by atoms with Crippen LogP contribution in [0, 0.1) is 11.6 Å². The molecule has 4 aromatic rings. The molecule has 0 aromatic heterocycles. The zero-order valence-electron chi connectivity index (χ0n) is 20.2. The molecule has 0 aliphatic carbocycles. The zero-order valence-corrected chi connectivity index (χ0v) is 20.2. The number of hydrogen-bond donors (Lipinski definition) is 0. The van der Waals surface area contributed by atoms with Crippen molar-refractivity contribution in [1.82, 2.24) is 0 Å². The fourth-order valence-corrected chi connectivity index (χ4v) is 4.08. The van der Waals surface area contributed by atoms with E-state index in [2.05, 4.69) is 6.92 Å². The number of rotatable bonds is 7. The Labute approximate surface area is 211 Å². The molecular weight excluding hydrogens is 456 g/mol. The number of ether oxygens (including phenoxy) is 1. The summed E-state index contributed by atoms with van der Waals surface area (Å²) in [5.41, 5.74) is 4.09. The summed E-state index contributed by atoms with van der Waals surface area (Å²) in [4.78, 5) is 13.7. The van der Waals surface area contributed by atoms with Crippen molar-refractivity contribution >= 4 is 11.6 Å². The number of hydrogen-bond acceptors (Lipinski definition) is 2. The van der Waals surface area contributed by atoms with Crippen molar-refractivity contribution in [1.29, 1.82) is 0 Å². The third kappa shape index (κ3) is 6.57. The smallest absolute Gasteiger partial charge is 0.230 e. The minimum atomic E-state index is -0.307. The Bertz CT molecular complexity index is 1240. The van der Waals surface area contributed by atoms with E-state index >= 15 is 0 Å². The first-order valence-electron chi connectivity index (χ1n) is 12.1. The van der Waals surface area contributed by atoms with Crippen LogP contribution in [0.3, 0.4) is 0 Å². The molecule has 1 saturated heterocycles. The van der Waals surface area contributed by atoms with Crippen molar-refractivity contribution in [3.05, 3.63) is 131 Å². The van der Waals surface area contributed by atoms with Crippen molar-refractivity contribution in [2.75, 3.05) is 4.90 Å². The lowest BCUT2D eigenvalue weighted by Crippen LogP contribution is -2.46. The van der Waals surface area contributed by atoms with Crippen LogP contribution in [-0.2, 0) is 17.8 Å². The van der Waals surface area contributed by atoms with Gasteiger partial charge in [-0.25, -0.2) is 8.78 Å². The van der Waals surface area contributed by atoms with Gasteiger partial charge in [0.2, 0.25) is 5.91 Å². The number of halogens is 2. The number of anilines is 1. The predicted molar refractivity (Wildman–Crippen MR) is 139 cm³/mol. The molecule has 1 aliphatic heterocycles. The number of carbonyl (C=O) groups excluding carboxylic acids is 1. The summed E-state index contributed by atoms with van der Waals surface area (Å²) in [7, 11) is 0. The van der Waals surface area contributed by atoms with E-state index in [4.69, 9.17) is 4.74 Å². The summed E-state index contributed by atoms with van der Waals surface area (Å²) < 4.78 is 31.2. The van der Waals surface area contributed by atoms with Crippen LogP contribution in [0.2, 0.25) is 0 Å². The average molecular weight is 486 g/mol. The lowest BCUT2D eigenvalue weighted by Gasteiger charge is -2.40. The topological polar surface area (TPSA) is 29.5 Å². The molecule has 4 aromatic carbocycles. The Morgan fingerprint density at radius 2 is 1.39 bits per heavy atom. The first kappa shape index (κ1) is 25.1. The Morgan fingerprint density at radius 3 is 1.97 bits per heavy atom. The third-order valence-corrected chi connectivity index (χ3v) is 6.02. The van der Waals surface area contributed by atoms with Crippen molar-refractivity contribution in [3.63, 3.8) is 0 Å². The Morgan fingerprint density at radius 1 is 0.778 bits per heavy atom. The van der Waals surface area contributed by atoms with Gasteiger partial charge in [0.25, 0.3) is 0 Å². The fourth-order valence-electron chi connectivity index (χ4n) is 4.08. The maximum absolute atomic E-state index is 13.1. The fraction of sp³-hybridized carbons (Fsp3) is 0.194. The highest BCUT2D eigenvalue weighted by atomic mass is 19.1. The molecule has 1 heterocycles. The average Bonchev–Trinajstić information content (AvgIpc) is 2.90. The van der Waals surface area contributed by atoms with Gasteiger partial charge in [-0.1, -0.05) is 67.9 Å². The minimum absolute atomic E-state index is 0.0175. The van der Waals surface area contributed by atoms with Crippen molar-refractivity contribution in [2.24, 2.45) is 0 Å². The van der Waals surface area contributed by atoms with Gasteiger partial charge in [0.15, 0.2) is 0 Å². The van der Waals surface area contributed by atoms with Gasteiger partial charge < -0.3 is 9.64 Å². The Balaban J connectivity index is 0.000000256. The highest BCUT2D eigenvalue weighted by Crippen LogP contribution is 2.39. The largest absolute Gasteiger partial charge is 0.489 e. The molecule has 1 aliphatic rings. The van der Waals surface area contributed by atoms with E-state index in [0.29, 0.717) is 13.0 Å². The number of β-lactam (4-membered cyclic amide) rings is 1. The van der Waals surface area contributed by atoms with E-state index in [1.54, 1.807) is 17.0 Å². The molecule has 1 amide bonds. The Kier molecular flexibility index (Phi) is 8.45. The van der Waals surface area contributed by atoms with Crippen LogP contribution in [-0.4, -0.2) is 5.91 Å². The predicted octanol–water partition coefficient (Wildman–Crippen LogP) is 7.66. The molecule has 0 N–H and O–H groups in total. The van der Waals surface area contributed by atoms with Gasteiger partial charge in [-0.15, -0.1) is 0 Å². The summed E-state index contributed by atoms with van der Waals surface area (Å²) in [5.74, 6) is 0.376. The molecule has 0 bridgehead atoms. The number of carbonyl (C=O) groups is 1. The van der Waals surface area contributed by atoms with Crippen LogP contribution in [0.4, 0.5) is 14.5 Å². The van der Waals surface area contributed by atoms with Crippen LogP contribution in [0.25, 0.3) is 0 Å². The lowest BCUT2D eigenvalue weighted by molar-refractivity contribution is -0.124.